The van der Waals surface area contributed by atoms with Gasteiger partial charge in [-0.15, -0.1) is 0 Å². The maximum atomic E-state index is 11.8. The summed E-state index contributed by atoms with van der Waals surface area (Å²) in [5, 5.41) is 12.3. The minimum atomic E-state index is -0.167. The van der Waals surface area contributed by atoms with Crippen LogP contribution in [0.15, 0.2) is 18.2 Å². The third kappa shape index (κ3) is 4.48. The monoisotopic (exact) mass is 273 g/mol. The Hall–Kier alpha value is -0.870. The number of nitrogens with one attached hydrogen (secondary N) is 1. The molecule has 0 bridgehead atoms. The van der Waals surface area contributed by atoms with E-state index in [4.69, 9.17) is 11.6 Å². The first-order valence-electron chi connectivity index (χ1n) is 5.30. The van der Waals surface area contributed by atoms with Gasteiger partial charge in [0.1, 0.15) is 5.75 Å². The highest BCUT2D eigenvalue weighted by molar-refractivity contribution is 7.98. The summed E-state index contributed by atoms with van der Waals surface area (Å²) >= 11 is 7.49. The van der Waals surface area contributed by atoms with Crippen molar-refractivity contribution in [1.82, 2.24) is 5.32 Å². The number of rotatable bonds is 5. The lowest BCUT2D eigenvalue weighted by atomic mass is 10.2. The molecule has 0 aliphatic rings. The van der Waals surface area contributed by atoms with E-state index in [-0.39, 0.29) is 16.7 Å². The second-order valence-corrected chi connectivity index (χ2v) is 5.25. The third-order valence-corrected chi connectivity index (χ3v) is 3.48. The zero-order valence-electron chi connectivity index (χ0n) is 9.87. The van der Waals surface area contributed by atoms with Crippen molar-refractivity contribution in [2.45, 2.75) is 6.92 Å². The van der Waals surface area contributed by atoms with Gasteiger partial charge in [0.05, 0.1) is 5.02 Å². The van der Waals surface area contributed by atoms with E-state index in [1.165, 1.54) is 12.1 Å². The summed E-state index contributed by atoms with van der Waals surface area (Å²) in [7, 11) is 0. The molecule has 0 aliphatic heterocycles. The first-order chi connectivity index (χ1) is 8.04. The van der Waals surface area contributed by atoms with Gasteiger partial charge in [0.2, 0.25) is 0 Å². The van der Waals surface area contributed by atoms with E-state index in [0.29, 0.717) is 18.0 Å². The van der Waals surface area contributed by atoms with E-state index in [2.05, 4.69) is 12.2 Å². The molecule has 0 fully saturated rings. The second kappa shape index (κ2) is 6.77. The Kier molecular flexibility index (Phi) is 5.65. The zero-order chi connectivity index (χ0) is 12.8. The van der Waals surface area contributed by atoms with Crippen molar-refractivity contribution >= 4 is 29.3 Å². The number of phenols is 1. The quantitative estimate of drug-likeness (QED) is 0.867. The van der Waals surface area contributed by atoms with Gasteiger partial charge in [0.25, 0.3) is 5.91 Å². The summed E-state index contributed by atoms with van der Waals surface area (Å²) < 4.78 is 0. The number of halogens is 1. The molecule has 1 atom stereocenters. The molecule has 0 spiro atoms. The number of hydrogen-bond donors (Lipinski definition) is 2. The number of amides is 1. The van der Waals surface area contributed by atoms with Crippen molar-refractivity contribution in [1.29, 1.82) is 0 Å². The molecule has 0 aromatic heterocycles. The van der Waals surface area contributed by atoms with Crippen molar-refractivity contribution in [2.24, 2.45) is 5.92 Å². The highest BCUT2D eigenvalue weighted by Crippen LogP contribution is 2.23. The number of carbonyl (C=O) groups excluding carboxylic acids is 1. The molecule has 17 heavy (non-hydrogen) atoms. The Morgan fingerprint density at radius 3 is 2.88 bits per heavy atom. The summed E-state index contributed by atoms with van der Waals surface area (Å²) in [5.41, 5.74) is 0.462. The molecule has 0 radical (unpaired) electrons. The van der Waals surface area contributed by atoms with Crippen LogP contribution in [0.1, 0.15) is 17.3 Å². The van der Waals surface area contributed by atoms with Crippen LogP contribution in [0.3, 0.4) is 0 Å². The highest BCUT2D eigenvalue weighted by atomic mass is 35.5. The maximum absolute atomic E-state index is 11.8. The van der Waals surface area contributed by atoms with Crippen LogP contribution in [-0.4, -0.2) is 29.6 Å². The van der Waals surface area contributed by atoms with Crippen LogP contribution in [-0.2, 0) is 0 Å². The Morgan fingerprint density at radius 2 is 2.29 bits per heavy atom. The van der Waals surface area contributed by atoms with Crippen LogP contribution in [0.5, 0.6) is 5.75 Å². The van der Waals surface area contributed by atoms with E-state index < -0.39 is 0 Å². The van der Waals surface area contributed by atoms with Gasteiger partial charge in [0, 0.05) is 12.1 Å². The van der Waals surface area contributed by atoms with Crippen molar-refractivity contribution < 1.29 is 9.90 Å². The lowest BCUT2D eigenvalue weighted by Crippen LogP contribution is -2.29. The van der Waals surface area contributed by atoms with Gasteiger partial charge >= 0.3 is 0 Å². The second-order valence-electron chi connectivity index (χ2n) is 3.94. The van der Waals surface area contributed by atoms with E-state index in [0.717, 1.165) is 5.75 Å². The van der Waals surface area contributed by atoms with E-state index in [9.17, 15) is 9.90 Å². The van der Waals surface area contributed by atoms with Crippen LogP contribution in [0.2, 0.25) is 5.02 Å². The minimum absolute atomic E-state index is 0.0148. The molecule has 1 rings (SSSR count). The van der Waals surface area contributed by atoms with Gasteiger partial charge in [-0.3, -0.25) is 4.79 Å². The number of phenolic OH excluding ortho intramolecular Hbond substituents is 1. The number of benzene rings is 1. The molecule has 5 heteroatoms. The lowest BCUT2D eigenvalue weighted by Gasteiger charge is -2.11. The van der Waals surface area contributed by atoms with E-state index in [1.807, 2.05) is 6.26 Å². The smallest absolute Gasteiger partial charge is 0.251 e. The van der Waals surface area contributed by atoms with Crippen LogP contribution in [0, 0.1) is 5.92 Å². The Labute approximate surface area is 111 Å². The first kappa shape index (κ1) is 14.2. The van der Waals surface area contributed by atoms with Crippen molar-refractivity contribution in [3.05, 3.63) is 28.8 Å². The number of aromatic hydroxyl groups is 1. The van der Waals surface area contributed by atoms with Crippen LogP contribution in [0.4, 0.5) is 0 Å². The molecule has 2 N–H and O–H groups in total. The first-order valence-corrected chi connectivity index (χ1v) is 7.07. The Balaban J connectivity index is 2.55. The van der Waals surface area contributed by atoms with Crippen molar-refractivity contribution in [2.75, 3.05) is 18.6 Å². The van der Waals surface area contributed by atoms with Crippen molar-refractivity contribution in [3.8, 4) is 5.75 Å². The van der Waals surface area contributed by atoms with Gasteiger partial charge in [-0.1, -0.05) is 18.5 Å². The molecule has 0 unspecified atom stereocenters. The molecule has 1 amide bonds. The molecule has 0 saturated carbocycles. The average molecular weight is 274 g/mol. The highest BCUT2D eigenvalue weighted by Gasteiger charge is 2.09. The summed E-state index contributed by atoms with van der Waals surface area (Å²) in [6, 6.07) is 4.43. The molecule has 0 heterocycles. The molecule has 1 aromatic carbocycles. The largest absolute Gasteiger partial charge is 0.506 e. The van der Waals surface area contributed by atoms with Crippen LogP contribution in [0.25, 0.3) is 0 Å². The summed E-state index contributed by atoms with van der Waals surface area (Å²) in [5.74, 6) is 1.26. The van der Waals surface area contributed by atoms with Gasteiger partial charge in [-0.25, -0.2) is 0 Å². The minimum Gasteiger partial charge on any atom is -0.506 e. The SMILES string of the molecule is CSC[C@H](C)CNC(=O)c1ccc(O)c(Cl)c1. The number of thioether (sulfide) groups is 1. The predicted octanol–water partition coefficient (Wildman–Crippen LogP) is 2.77. The molecule has 3 nitrogen and oxygen atoms in total. The number of hydrogen-bond acceptors (Lipinski definition) is 3. The zero-order valence-corrected chi connectivity index (χ0v) is 11.4. The Bertz CT molecular complexity index is 398. The number of carbonyl (C=O) groups is 1. The van der Waals surface area contributed by atoms with Gasteiger partial charge in [-0.05, 0) is 36.1 Å². The van der Waals surface area contributed by atoms with Crippen LogP contribution >= 0.6 is 23.4 Å². The van der Waals surface area contributed by atoms with E-state index >= 15 is 0 Å². The average Bonchev–Trinajstić information content (AvgIpc) is 2.30. The molecule has 94 valence electrons. The predicted molar refractivity (Wildman–Crippen MR) is 73.0 cm³/mol. The maximum Gasteiger partial charge on any atom is 0.251 e. The summed E-state index contributed by atoms with van der Waals surface area (Å²) in [6.07, 6.45) is 2.04. The van der Waals surface area contributed by atoms with Gasteiger partial charge in [-0.2, -0.15) is 11.8 Å². The summed E-state index contributed by atoms with van der Waals surface area (Å²) in [6.45, 7) is 2.72. The topological polar surface area (TPSA) is 49.3 Å². The normalized spacial score (nSPS) is 12.2. The Morgan fingerprint density at radius 1 is 1.59 bits per heavy atom. The molecular formula is C12H16ClNO2S. The molecule has 1 aromatic rings. The van der Waals surface area contributed by atoms with Gasteiger partial charge < -0.3 is 10.4 Å². The standard InChI is InChI=1S/C12H16ClNO2S/c1-8(7-17-2)6-14-12(16)9-3-4-11(15)10(13)5-9/h3-5,8,15H,6-7H2,1-2H3,(H,14,16)/t8-/m1/s1. The van der Waals surface area contributed by atoms with Crippen molar-refractivity contribution in [3.63, 3.8) is 0 Å². The molecule has 0 aliphatic carbocycles. The molecular weight excluding hydrogens is 258 g/mol. The fraction of sp³-hybridized carbons (Fsp3) is 0.417. The van der Waals surface area contributed by atoms with Crippen LogP contribution < -0.4 is 5.32 Å². The lowest BCUT2D eigenvalue weighted by molar-refractivity contribution is 0.0949. The van der Waals surface area contributed by atoms with Gasteiger partial charge in [0.15, 0.2) is 0 Å². The summed E-state index contributed by atoms with van der Waals surface area (Å²) in [4.78, 5) is 11.8. The fourth-order valence-electron chi connectivity index (χ4n) is 1.36. The molecule has 0 saturated heterocycles. The van der Waals surface area contributed by atoms with E-state index in [1.54, 1.807) is 17.8 Å². The third-order valence-electron chi connectivity index (χ3n) is 2.27. The fourth-order valence-corrected chi connectivity index (χ4v) is 2.23.